The number of aryl methyl sites for hydroxylation is 3. The molecule has 0 saturated carbocycles. The third-order valence-corrected chi connectivity index (χ3v) is 2.77. The largest absolute Gasteiger partial charge is 0.0900 e. The highest BCUT2D eigenvalue weighted by Crippen LogP contribution is 2.12. The summed E-state index contributed by atoms with van der Waals surface area (Å²) < 4.78 is 0. The number of benzene rings is 1. The average molecular weight is 236 g/mol. The molecule has 0 aliphatic heterocycles. The van der Waals surface area contributed by atoms with E-state index in [9.17, 15) is 0 Å². The molecular formula is C15H24S. The van der Waals surface area contributed by atoms with Crippen molar-refractivity contribution in [2.75, 3.05) is 0 Å². The van der Waals surface area contributed by atoms with Gasteiger partial charge in [0.2, 0.25) is 0 Å². The molecule has 1 heteroatoms. The van der Waals surface area contributed by atoms with Crippen molar-refractivity contribution in [1.82, 2.24) is 0 Å². The maximum Gasteiger partial charge on any atom is -0.0102 e. The lowest BCUT2D eigenvalue weighted by Crippen LogP contribution is -1.92. The van der Waals surface area contributed by atoms with Crippen LogP contribution in [-0.4, -0.2) is 4.86 Å². The van der Waals surface area contributed by atoms with Gasteiger partial charge in [0.05, 0.1) is 0 Å². The van der Waals surface area contributed by atoms with E-state index in [2.05, 4.69) is 32.0 Å². The van der Waals surface area contributed by atoms with Gasteiger partial charge < -0.3 is 0 Å². The van der Waals surface area contributed by atoms with E-state index in [1.54, 1.807) is 0 Å². The number of hydrogen-bond acceptors (Lipinski definition) is 1. The minimum absolute atomic E-state index is 1.07. The van der Waals surface area contributed by atoms with Crippen LogP contribution in [0.2, 0.25) is 0 Å². The fraction of sp³-hybridized carbons (Fsp3) is 0.533. The molecule has 16 heavy (non-hydrogen) atoms. The minimum Gasteiger partial charge on any atom is -0.0900 e. The molecule has 1 aromatic rings. The second-order valence-electron chi connectivity index (χ2n) is 3.97. The second kappa shape index (κ2) is 8.46. The molecule has 90 valence electrons. The van der Waals surface area contributed by atoms with Crippen LogP contribution in [0, 0.1) is 13.8 Å². The Morgan fingerprint density at radius 3 is 2.25 bits per heavy atom. The van der Waals surface area contributed by atoms with Crippen LogP contribution in [0.15, 0.2) is 18.2 Å². The molecule has 1 rings (SSSR count). The lowest BCUT2D eigenvalue weighted by atomic mass is 10.0. The highest BCUT2D eigenvalue weighted by molar-refractivity contribution is 7.80. The van der Waals surface area contributed by atoms with E-state index in [0.29, 0.717) is 0 Å². The van der Waals surface area contributed by atoms with E-state index in [0.717, 1.165) is 17.7 Å². The minimum atomic E-state index is 1.07. The lowest BCUT2D eigenvalue weighted by molar-refractivity contribution is 0.868. The first kappa shape index (κ1) is 15.3. The first-order valence-corrected chi connectivity index (χ1v) is 6.56. The molecule has 0 N–H and O–H groups in total. The van der Waals surface area contributed by atoms with Gasteiger partial charge in [-0.2, -0.15) is 0 Å². The molecule has 0 aliphatic rings. The molecule has 0 aromatic heterocycles. The van der Waals surface area contributed by atoms with Gasteiger partial charge in [-0.3, -0.25) is 0 Å². The van der Waals surface area contributed by atoms with Gasteiger partial charge in [-0.25, -0.2) is 0 Å². The Morgan fingerprint density at radius 2 is 1.75 bits per heavy atom. The molecule has 0 aliphatic carbocycles. The number of thiocarbonyl (C=S) groups is 1. The van der Waals surface area contributed by atoms with Crippen molar-refractivity contribution >= 4 is 17.1 Å². The molecule has 0 bridgehead atoms. The predicted octanol–water partition coefficient (Wildman–Crippen LogP) is 5.04. The monoisotopic (exact) mass is 236 g/mol. The number of rotatable bonds is 4. The van der Waals surface area contributed by atoms with Crippen molar-refractivity contribution in [3.8, 4) is 0 Å². The molecule has 0 fully saturated rings. The summed E-state index contributed by atoms with van der Waals surface area (Å²) in [6.45, 7) is 10.3. The Morgan fingerprint density at radius 1 is 1.12 bits per heavy atom. The summed E-state index contributed by atoms with van der Waals surface area (Å²) >= 11 is 5.06. The van der Waals surface area contributed by atoms with E-state index in [4.69, 9.17) is 12.2 Å². The molecule has 0 radical (unpaired) electrons. The zero-order chi connectivity index (χ0) is 12.6. The maximum absolute atomic E-state index is 5.06. The first-order valence-electron chi connectivity index (χ1n) is 6.15. The van der Waals surface area contributed by atoms with Gasteiger partial charge >= 0.3 is 0 Å². The summed E-state index contributed by atoms with van der Waals surface area (Å²) in [5.41, 5.74) is 4.20. The summed E-state index contributed by atoms with van der Waals surface area (Å²) in [5, 5.41) is 0. The summed E-state index contributed by atoms with van der Waals surface area (Å²) in [4.78, 5) is 1.12. The molecular weight excluding hydrogens is 212 g/mol. The fourth-order valence-electron chi connectivity index (χ4n) is 1.50. The zero-order valence-corrected chi connectivity index (χ0v) is 12.1. The van der Waals surface area contributed by atoms with E-state index in [-0.39, 0.29) is 0 Å². The topological polar surface area (TPSA) is 0 Å². The van der Waals surface area contributed by atoms with Crippen molar-refractivity contribution in [3.63, 3.8) is 0 Å². The highest BCUT2D eigenvalue weighted by Gasteiger charge is 1.97. The number of hydrogen-bond donors (Lipinski definition) is 0. The summed E-state index contributed by atoms with van der Waals surface area (Å²) in [6.07, 6.45) is 3.40. The van der Waals surface area contributed by atoms with E-state index < -0.39 is 0 Å². The zero-order valence-electron chi connectivity index (χ0n) is 11.3. The average Bonchev–Trinajstić information content (AvgIpc) is 2.26. The molecule has 0 spiro atoms. The standard InChI is InChI=1S/C13H18S.C2H6/c1-10-7-8-13(9-11(10)2)6-4-5-12(3)14;1-2/h7-9H,4-6H2,1-3H3;1-2H3. The maximum atomic E-state index is 5.06. The third-order valence-electron chi connectivity index (χ3n) is 2.57. The van der Waals surface area contributed by atoms with Crippen LogP contribution in [0.25, 0.3) is 0 Å². The molecule has 1 aromatic carbocycles. The third kappa shape index (κ3) is 6.02. The highest BCUT2D eigenvalue weighted by atomic mass is 32.1. The smallest absolute Gasteiger partial charge is 0.0102 e. The Balaban J connectivity index is 0.00000106. The Kier molecular flexibility index (Phi) is 8.10. The Bertz CT molecular complexity index is 326. The van der Waals surface area contributed by atoms with Crippen LogP contribution in [0.1, 0.15) is 50.3 Å². The normalized spacial score (nSPS) is 9.31. The van der Waals surface area contributed by atoms with Gasteiger partial charge in [-0.1, -0.05) is 44.3 Å². The van der Waals surface area contributed by atoms with Crippen molar-refractivity contribution in [3.05, 3.63) is 34.9 Å². The first-order chi connectivity index (χ1) is 7.59. The molecule has 0 heterocycles. The fourth-order valence-corrected chi connectivity index (χ4v) is 1.64. The quantitative estimate of drug-likeness (QED) is 0.660. The second-order valence-corrected chi connectivity index (χ2v) is 4.67. The molecule has 0 atom stereocenters. The predicted molar refractivity (Wildman–Crippen MR) is 78.5 cm³/mol. The van der Waals surface area contributed by atoms with Gasteiger partial charge in [-0.05, 0) is 61.6 Å². The van der Waals surface area contributed by atoms with Crippen LogP contribution >= 0.6 is 12.2 Å². The van der Waals surface area contributed by atoms with Crippen LogP contribution in [0.4, 0.5) is 0 Å². The summed E-state index contributed by atoms with van der Waals surface area (Å²) in [6, 6.07) is 6.71. The van der Waals surface area contributed by atoms with E-state index in [1.807, 2.05) is 20.8 Å². The van der Waals surface area contributed by atoms with Crippen LogP contribution in [-0.2, 0) is 6.42 Å². The van der Waals surface area contributed by atoms with Crippen molar-refractivity contribution < 1.29 is 0 Å². The van der Waals surface area contributed by atoms with Gasteiger partial charge in [0.1, 0.15) is 0 Å². The Hall–Kier alpha value is -0.690. The van der Waals surface area contributed by atoms with Crippen LogP contribution < -0.4 is 0 Å². The van der Waals surface area contributed by atoms with Gasteiger partial charge in [0.25, 0.3) is 0 Å². The molecule has 0 unspecified atom stereocenters. The van der Waals surface area contributed by atoms with Crippen molar-refractivity contribution in [1.29, 1.82) is 0 Å². The molecule has 0 saturated heterocycles. The molecule has 0 amide bonds. The SMILES string of the molecule is CC.CC(=S)CCCc1ccc(C)c(C)c1. The van der Waals surface area contributed by atoms with E-state index >= 15 is 0 Å². The van der Waals surface area contributed by atoms with Crippen LogP contribution in [0.5, 0.6) is 0 Å². The van der Waals surface area contributed by atoms with Gasteiger partial charge in [0, 0.05) is 0 Å². The van der Waals surface area contributed by atoms with E-state index in [1.165, 1.54) is 23.1 Å². The molecule has 0 nitrogen and oxygen atoms in total. The van der Waals surface area contributed by atoms with Gasteiger partial charge in [0.15, 0.2) is 0 Å². The Labute approximate surface area is 106 Å². The van der Waals surface area contributed by atoms with Crippen molar-refractivity contribution in [2.24, 2.45) is 0 Å². The van der Waals surface area contributed by atoms with Gasteiger partial charge in [-0.15, -0.1) is 0 Å². The van der Waals surface area contributed by atoms with Crippen LogP contribution in [0.3, 0.4) is 0 Å². The summed E-state index contributed by atoms with van der Waals surface area (Å²) in [7, 11) is 0. The summed E-state index contributed by atoms with van der Waals surface area (Å²) in [5.74, 6) is 0. The lowest BCUT2D eigenvalue weighted by Gasteiger charge is -2.04. The van der Waals surface area contributed by atoms with Crippen molar-refractivity contribution in [2.45, 2.75) is 53.9 Å².